The van der Waals surface area contributed by atoms with Gasteiger partial charge in [-0.15, -0.1) is 0 Å². The van der Waals surface area contributed by atoms with Crippen LogP contribution < -0.4 is 5.32 Å². The molecule has 6 nitrogen and oxygen atoms in total. The summed E-state index contributed by atoms with van der Waals surface area (Å²) in [5, 5.41) is 23.1. The van der Waals surface area contributed by atoms with Gasteiger partial charge < -0.3 is 20.3 Å². The summed E-state index contributed by atoms with van der Waals surface area (Å²) in [6, 6.07) is -0.635. The van der Waals surface area contributed by atoms with Gasteiger partial charge in [-0.3, -0.25) is 9.59 Å². The van der Waals surface area contributed by atoms with Crippen molar-refractivity contribution < 1.29 is 24.5 Å². The Hall–Kier alpha value is -2.18. The summed E-state index contributed by atoms with van der Waals surface area (Å²) in [6.07, 6.45) is 71.3. The van der Waals surface area contributed by atoms with E-state index in [1.165, 1.54) is 218 Å². The van der Waals surface area contributed by atoms with E-state index in [0.29, 0.717) is 19.4 Å². The molecule has 0 saturated heterocycles. The first kappa shape index (κ1) is 64.8. The van der Waals surface area contributed by atoms with E-state index in [4.69, 9.17) is 4.74 Å². The van der Waals surface area contributed by atoms with Gasteiger partial charge in [-0.1, -0.05) is 255 Å². The number of unbranched alkanes of at least 4 members (excludes halogenated alkanes) is 37. The highest BCUT2D eigenvalue weighted by atomic mass is 16.5. The second-order valence-electron chi connectivity index (χ2n) is 20.0. The van der Waals surface area contributed by atoms with Crippen LogP contribution >= 0.6 is 0 Å². The molecule has 0 heterocycles. The molecule has 0 aromatic heterocycles. The lowest BCUT2D eigenvalue weighted by Gasteiger charge is -2.20. The first-order valence-electron chi connectivity index (χ1n) is 29.4. The van der Waals surface area contributed by atoms with Crippen LogP contribution in [-0.4, -0.2) is 47.4 Å². The second kappa shape index (κ2) is 56.4. The number of hydrogen-bond donors (Lipinski definition) is 3. The summed E-state index contributed by atoms with van der Waals surface area (Å²) in [5.74, 6) is -0.0861. The molecule has 0 rings (SSSR count). The first-order chi connectivity index (χ1) is 33.0. The van der Waals surface area contributed by atoms with Crippen molar-refractivity contribution in [2.45, 2.75) is 315 Å². The van der Waals surface area contributed by atoms with Crippen molar-refractivity contribution in [2.24, 2.45) is 0 Å². The molecule has 1 amide bonds. The zero-order valence-corrected chi connectivity index (χ0v) is 44.6. The van der Waals surface area contributed by atoms with Crippen molar-refractivity contribution in [3.05, 3.63) is 48.6 Å². The van der Waals surface area contributed by atoms with Crippen LogP contribution in [0.3, 0.4) is 0 Å². The van der Waals surface area contributed by atoms with Crippen molar-refractivity contribution >= 4 is 11.9 Å². The van der Waals surface area contributed by atoms with Gasteiger partial charge in [-0.05, 0) is 83.5 Å². The molecule has 0 aromatic rings. The lowest BCUT2D eigenvalue weighted by molar-refractivity contribution is -0.143. The van der Waals surface area contributed by atoms with Gasteiger partial charge in [-0.2, -0.15) is 0 Å². The molecule has 0 aromatic carbocycles. The number of aliphatic hydroxyl groups excluding tert-OH is 2. The number of allylic oxidation sites excluding steroid dienone is 7. The molecule has 0 aliphatic rings. The van der Waals surface area contributed by atoms with E-state index in [1.807, 2.05) is 6.08 Å². The predicted molar refractivity (Wildman–Crippen MR) is 292 cm³/mol. The molecule has 0 spiro atoms. The van der Waals surface area contributed by atoms with Gasteiger partial charge in [0.2, 0.25) is 5.91 Å². The zero-order valence-electron chi connectivity index (χ0n) is 44.6. The number of hydrogen-bond acceptors (Lipinski definition) is 5. The molecule has 6 heteroatoms. The Balaban J connectivity index is 3.47. The summed E-state index contributed by atoms with van der Waals surface area (Å²) in [5.41, 5.74) is 0. The molecule has 0 saturated carbocycles. The van der Waals surface area contributed by atoms with E-state index in [9.17, 15) is 19.8 Å². The number of carbonyl (C=O) groups is 2. The van der Waals surface area contributed by atoms with Gasteiger partial charge >= 0.3 is 5.97 Å². The number of rotatable bonds is 54. The van der Waals surface area contributed by atoms with Gasteiger partial charge in [0.15, 0.2) is 0 Å². The molecule has 0 aliphatic heterocycles. The van der Waals surface area contributed by atoms with E-state index in [2.05, 4.69) is 55.6 Å². The average Bonchev–Trinajstić information content (AvgIpc) is 3.33. The lowest BCUT2D eigenvalue weighted by atomic mass is 10.0. The summed E-state index contributed by atoms with van der Waals surface area (Å²) in [6.45, 7) is 4.85. The molecule has 2 unspecified atom stereocenters. The van der Waals surface area contributed by atoms with Crippen LogP contribution in [0.2, 0.25) is 0 Å². The lowest BCUT2D eigenvalue weighted by Crippen LogP contribution is -2.45. The Labute approximate surface area is 416 Å². The van der Waals surface area contributed by atoms with Crippen LogP contribution in [0.25, 0.3) is 0 Å². The van der Waals surface area contributed by atoms with Crippen LogP contribution in [0.4, 0.5) is 0 Å². The molecular weight excluding hydrogens is 827 g/mol. The van der Waals surface area contributed by atoms with Gasteiger partial charge in [0.25, 0.3) is 0 Å². The third kappa shape index (κ3) is 53.0. The van der Waals surface area contributed by atoms with Gasteiger partial charge in [0, 0.05) is 12.8 Å². The average molecular weight is 941 g/mol. The largest absolute Gasteiger partial charge is 0.466 e. The molecule has 3 N–H and O–H groups in total. The minimum Gasteiger partial charge on any atom is -0.466 e. The Morgan fingerprint density at radius 1 is 0.418 bits per heavy atom. The second-order valence-corrected chi connectivity index (χ2v) is 20.0. The molecule has 2 atom stereocenters. The van der Waals surface area contributed by atoms with E-state index in [1.54, 1.807) is 6.08 Å². The molecule has 67 heavy (non-hydrogen) atoms. The zero-order chi connectivity index (χ0) is 48.6. The molecule has 0 radical (unpaired) electrons. The highest BCUT2D eigenvalue weighted by Gasteiger charge is 2.18. The van der Waals surface area contributed by atoms with Crippen molar-refractivity contribution in [3.63, 3.8) is 0 Å². The maximum Gasteiger partial charge on any atom is 0.305 e. The number of esters is 1. The highest BCUT2D eigenvalue weighted by Crippen LogP contribution is 2.16. The fourth-order valence-electron chi connectivity index (χ4n) is 8.76. The van der Waals surface area contributed by atoms with Crippen LogP contribution in [0.15, 0.2) is 48.6 Å². The number of carbonyl (C=O) groups excluding carboxylic acids is 2. The Morgan fingerprint density at radius 2 is 0.761 bits per heavy atom. The number of aliphatic hydroxyl groups is 2. The fraction of sp³-hybridized carbons (Fsp3) is 0.836. The van der Waals surface area contributed by atoms with Crippen LogP contribution in [0.5, 0.6) is 0 Å². The molecule has 392 valence electrons. The van der Waals surface area contributed by atoms with E-state index < -0.39 is 12.1 Å². The predicted octanol–water partition coefficient (Wildman–Crippen LogP) is 18.2. The summed E-state index contributed by atoms with van der Waals surface area (Å²) >= 11 is 0. The van der Waals surface area contributed by atoms with E-state index in [0.717, 1.165) is 57.8 Å². The molecule has 0 fully saturated rings. The number of amides is 1. The van der Waals surface area contributed by atoms with Gasteiger partial charge in [0.1, 0.15) is 0 Å². The third-order valence-electron chi connectivity index (χ3n) is 13.3. The van der Waals surface area contributed by atoms with Gasteiger partial charge in [0.05, 0.1) is 25.4 Å². The van der Waals surface area contributed by atoms with E-state index >= 15 is 0 Å². The van der Waals surface area contributed by atoms with Crippen LogP contribution in [-0.2, 0) is 14.3 Å². The Morgan fingerprint density at radius 3 is 1.19 bits per heavy atom. The molecule has 0 bridgehead atoms. The minimum absolute atomic E-state index is 0.00957. The number of ether oxygens (including phenoxy) is 1. The Bertz CT molecular complexity index is 1130. The van der Waals surface area contributed by atoms with E-state index in [-0.39, 0.29) is 18.5 Å². The standard InChI is InChI=1S/C61H113NO5/c1-3-5-7-9-11-13-15-17-19-26-29-33-37-41-45-49-53-59(64)58(57-63)62-60(65)54-50-46-42-38-34-30-27-24-22-20-21-23-25-28-32-36-40-44-48-52-56-67-61(66)55-51-47-43-39-35-31-18-16-14-12-10-8-6-4-2/h10,12,16,18,20,22,49,53,58-59,63-64H,3-9,11,13-15,17,19,21,23-48,50-52,54-57H2,1-2H3,(H,62,65)/b12-10-,18-16-,22-20-,53-49+. The van der Waals surface area contributed by atoms with Crippen molar-refractivity contribution in [1.82, 2.24) is 5.32 Å². The normalized spacial score (nSPS) is 13.0. The summed E-state index contributed by atoms with van der Waals surface area (Å²) < 4.78 is 5.46. The maximum absolute atomic E-state index is 12.5. The number of nitrogens with one attached hydrogen (secondary N) is 1. The fourth-order valence-corrected chi connectivity index (χ4v) is 8.76. The Kier molecular flexibility index (Phi) is 54.6. The third-order valence-corrected chi connectivity index (χ3v) is 13.3. The highest BCUT2D eigenvalue weighted by molar-refractivity contribution is 5.76. The monoisotopic (exact) mass is 940 g/mol. The first-order valence-corrected chi connectivity index (χ1v) is 29.4. The van der Waals surface area contributed by atoms with Gasteiger partial charge in [-0.25, -0.2) is 0 Å². The smallest absolute Gasteiger partial charge is 0.305 e. The molecular formula is C61H113NO5. The maximum atomic E-state index is 12.5. The van der Waals surface area contributed by atoms with Crippen molar-refractivity contribution in [1.29, 1.82) is 0 Å². The SMILES string of the molecule is CCCC/C=C\C/C=C\CCCCCCCC(=O)OCCCCCCCCCCC/C=C\CCCCCCCCCC(=O)NC(CO)C(O)/C=C/CCCCCCCCCCCCCCCC. The quantitative estimate of drug-likeness (QED) is 0.0321. The van der Waals surface area contributed by atoms with Crippen molar-refractivity contribution in [2.75, 3.05) is 13.2 Å². The minimum atomic E-state index is -0.851. The van der Waals surface area contributed by atoms with Crippen molar-refractivity contribution in [3.8, 4) is 0 Å². The van der Waals surface area contributed by atoms with Crippen LogP contribution in [0, 0.1) is 0 Å². The summed E-state index contributed by atoms with van der Waals surface area (Å²) in [7, 11) is 0. The summed E-state index contributed by atoms with van der Waals surface area (Å²) in [4.78, 5) is 24.5. The molecule has 0 aliphatic carbocycles. The van der Waals surface area contributed by atoms with Crippen LogP contribution in [0.1, 0.15) is 303 Å². The topological polar surface area (TPSA) is 95.9 Å².